The van der Waals surface area contributed by atoms with Crippen molar-refractivity contribution < 1.29 is 4.79 Å². The molecule has 1 atom stereocenters. The lowest BCUT2D eigenvalue weighted by Crippen LogP contribution is -2.27. The van der Waals surface area contributed by atoms with Gasteiger partial charge in [0.25, 0.3) is 5.91 Å². The summed E-state index contributed by atoms with van der Waals surface area (Å²) in [5, 5.41) is 7.67. The number of amides is 1. The zero-order chi connectivity index (χ0) is 18.7. The number of rotatable bonds is 5. The molecule has 0 fully saturated rings. The highest BCUT2D eigenvalue weighted by molar-refractivity contribution is 5.96. The van der Waals surface area contributed by atoms with Gasteiger partial charge >= 0.3 is 0 Å². The Hall–Kier alpha value is -2.88. The molecule has 0 aliphatic heterocycles. The molecule has 0 saturated heterocycles. The third-order valence-electron chi connectivity index (χ3n) is 4.71. The molecule has 0 spiro atoms. The second kappa shape index (κ2) is 7.56. The van der Waals surface area contributed by atoms with Gasteiger partial charge in [-0.1, -0.05) is 60.2 Å². The van der Waals surface area contributed by atoms with Gasteiger partial charge in [0.2, 0.25) is 0 Å². The van der Waals surface area contributed by atoms with Crippen molar-refractivity contribution >= 4 is 5.91 Å². The lowest BCUT2D eigenvalue weighted by Gasteiger charge is -2.14. The molecule has 0 unspecified atom stereocenters. The topological polar surface area (TPSA) is 46.9 Å². The third kappa shape index (κ3) is 3.85. The van der Waals surface area contributed by atoms with Crippen LogP contribution < -0.4 is 5.32 Å². The van der Waals surface area contributed by atoms with E-state index in [1.807, 2.05) is 55.8 Å². The molecule has 134 valence electrons. The molecule has 3 aromatic rings. The number of hydrogen-bond acceptors (Lipinski definition) is 2. The largest absolute Gasteiger partial charge is 0.345 e. The van der Waals surface area contributed by atoms with Crippen molar-refractivity contribution in [3.63, 3.8) is 0 Å². The highest BCUT2D eigenvalue weighted by Gasteiger charge is 2.20. The van der Waals surface area contributed by atoms with Crippen LogP contribution in [0.15, 0.2) is 54.6 Å². The molecular weight excluding hydrogens is 322 g/mol. The molecule has 1 heterocycles. The van der Waals surface area contributed by atoms with Gasteiger partial charge in [0.1, 0.15) is 0 Å². The van der Waals surface area contributed by atoms with E-state index in [9.17, 15) is 4.79 Å². The molecule has 0 radical (unpaired) electrons. The monoisotopic (exact) mass is 347 g/mol. The standard InChI is InChI=1S/C22H25N3O/c1-15-10-12-19(13-11-15)14-25-18(4)21(17(3)24-25)22(26)23-16(2)20-8-6-5-7-9-20/h5-13,16H,14H2,1-4H3,(H,23,26)/t16-/m0/s1. The van der Waals surface area contributed by atoms with Gasteiger partial charge in [-0.25, -0.2) is 0 Å². The molecule has 2 aromatic carbocycles. The molecule has 0 bridgehead atoms. The maximum Gasteiger partial charge on any atom is 0.255 e. The van der Waals surface area contributed by atoms with E-state index in [0.717, 1.165) is 17.0 Å². The number of benzene rings is 2. The average molecular weight is 347 g/mol. The van der Waals surface area contributed by atoms with E-state index in [-0.39, 0.29) is 11.9 Å². The molecule has 0 saturated carbocycles. The number of aromatic nitrogens is 2. The van der Waals surface area contributed by atoms with Crippen LogP contribution in [0.4, 0.5) is 0 Å². The zero-order valence-electron chi connectivity index (χ0n) is 15.8. The minimum atomic E-state index is -0.0773. The summed E-state index contributed by atoms with van der Waals surface area (Å²) in [7, 11) is 0. The Morgan fingerprint density at radius 2 is 1.69 bits per heavy atom. The molecule has 1 aromatic heterocycles. The predicted molar refractivity (Wildman–Crippen MR) is 104 cm³/mol. The molecule has 0 aliphatic carbocycles. The quantitative estimate of drug-likeness (QED) is 0.746. The summed E-state index contributed by atoms with van der Waals surface area (Å²) < 4.78 is 1.90. The van der Waals surface area contributed by atoms with Crippen molar-refractivity contribution in [1.29, 1.82) is 0 Å². The molecule has 3 rings (SSSR count). The van der Waals surface area contributed by atoms with Crippen LogP contribution in [0.5, 0.6) is 0 Å². The van der Waals surface area contributed by atoms with Crippen LogP contribution in [0.2, 0.25) is 0 Å². The number of carbonyl (C=O) groups is 1. The zero-order valence-corrected chi connectivity index (χ0v) is 15.8. The number of nitrogens with one attached hydrogen (secondary N) is 1. The highest BCUT2D eigenvalue weighted by atomic mass is 16.1. The second-order valence-electron chi connectivity index (χ2n) is 6.79. The van der Waals surface area contributed by atoms with Gasteiger partial charge in [0, 0.05) is 5.69 Å². The lowest BCUT2D eigenvalue weighted by molar-refractivity contribution is 0.0938. The van der Waals surface area contributed by atoms with Gasteiger partial charge in [-0.2, -0.15) is 5.10 Å². The third-order valence-corrected chi connectivity index (χ3v) is 4.71. The fraction of sp³-hybridized carbons (Fsp3) is 0.273. The first-order valence-corrected chi connectivity index (χ1v) is 8.91. The Bertz CT molecular complexity index is 895. The van der Waals surface area contributed by atoms with Gasteiger partial charge < -0.3 is 5.32 Å². The van der Waals surface area contributed by atoms with Crippen molar-refractivity contribution in [2.75, 3.05) is 0 Å². The maximum absolute atomic E-state index is 12.8. The number of carbonyl (C=O) groups excluding carboxylic acids is 1. The predicted octanol–water partition coefficient (Wildman–Crippen LogP) is 4.35. The lowest BCUT2D eigenvalue weighted by atomic mass is 10.1. The Kier molecular flexibility index (Phi) is 5.21. The molecule has 1 amide bonds. The van der Waals surface area contributed by atoms with Gasteiger partial charge in [-0.15, -0.1) is 0 Å². The second-order valence-corrected chi connectivity index (χ2v) is 6.79. The highest BCUT2D eigenvalue weighted by Crippen LogP contribution is 2.18. The first kappa shape index (κ1) is 17.9. The fourth-order valence-electron chi connectivity index (χ4n) is 3.14. The minimum Gasteiger partial charge on any atom is -0.345 e. The van der Waals surface area contributed by atoms with Crippen LogP contribution in [0.25, 0.3) is 0 Å². The number of nitrogens with zero attached hydrogens (tertiary/aromatic N) is 2. The van der Waals surface area contributed by atoms with Gasteiger partial charge in [0.15, 0.2) is 0 Å². The van der Waals surface area contributed by atoms with Crippen molar-refractivity contribution in [2.45, 2.75) is 40.3 Å². The van der Waals surface area contributed by atoms with Crippen LogP contribution in [0.1, 0.15) is 51.4 Å². The summed E-state index contributed by atoms with van der Waals surface area (Å²) >= 11 is 0. The Morgan fingerprint density at radius 3 is 2.35 bits per heavy atom. The normalized spacial score (nSPS) is 12.0. The Balaban J connectivity index is 1.78. The van der Waals surface area contributed by atoms with Gasteiger partial charge in [-0.3, -0.25) is 9.48 Å². The molecular formula is C22H25N3O. The van der Waals surface area contributed by atoms with Crippen LogP contribution in [-0.2, 0) is 6.54 Å². The van der Waals surface area contributed by atoms with E-state index >= 15 is 0 Å². The van der Waals surface area contributed by atoms with E-state index in [1.54, 1.807) is 0 Å². The van der Waals surface area contributed by atoms with Crippen molar-refractivity contribution in [2.24, 2.45) is 0 Å². The van der Waals surface area contributed by atoms with Crippen molar-refractivity contribution in [3.05, 3.63) is 88.2 Å². The van der Waals surface area contributed by atoms with E-state index in [2.05, 4.69) is 41.6 Å². The van der Waals surface area contributed by atoms with Gasteiger partial charge in [-0.05, 0) is 38.8 Å². The summed E-state index contributed by atoms with van der Waals surface area (Å²) in [4.78, 5) is 12.8. The molecule has 4 heteroatoms. The maximum atomic E-state index is 12.8. The van der Waals surface area contributed by atoms with Crippen LogP contribution >= 0.6 is 0 Å². The fourth-order valence-corrected chi connectivity index (χ4v) is 3.14. The van der Waals surface area contributed by atoms with Crippen LogP contribution in [-0.4, -0.2) is 15.7 Å². The summed E-state index contributed by atoms with van der Waals surface area (Å²) in [6.45, 7) is 8.57. The van der Waals surface area contributed by atoms with E-state index in [0.29, 0.717) is 12.1 Å². The minimum absolute atomic E-state index is 0.0528. The van der Waals surface area contributed by atoms with Crippen molar-refractivity contribution in [1.82, 2.24) is 15.1 Å². The van der Waals surface area contributed by atoms with E-state index < -0.39 is 0 Å². The van der Waals surface area contributed by atoms with E-state index in [4.69, 9.17) is 0 Å². The van der Waals surface area contributed by atoms with Crippen molar-refractivity contribution in [3.8, 4) is 0 Å². The summed E-state index contributed by atoms with van der Waals surface area (Å²) in [6.07, 6.45) is 0. The average Bonchev–Trinajstić information content (AvgIpc) is 2.91. The summed E-state index contributed by atoms with van der Waals surface area (Å²) in [5.41, 5.74) is 5.80. The summed E-state index contributed by atoms with van der Waals surface area (Å²) in [5.74, 6) is -0.0773. The van der Waals surface area contributed by atoms with E-state index in [1.165, 1.54) is 11.1 Å². The smallest absolute Gasteiger partial charge is 0.255 e. The van der Waals surface area contributed by atoms with Gasteiger partial charge in [0.05, 0.1) is 23.8 Å². The number of hydrogen-bond donors (Lipinski definition) is 1. The molecule has 0 aliphatic rings. The van der Waals surface area contributed by atoms with Crippen LogP contribution in [0, 0.1) is 20.8 Å². The first-order valence-electron chi connectivity index (χ1n) is 8.91. The Morgan fingerprint density at radius 1 is 1.04 bits per heavy atom. The SMILES string of the molecule is Cc1ccc(Cn2nc(C)c(C(=O)N[C@@H](C)c3ccccc3)c2C)cc1. The molecule has 4 nitrogen and oxygen atoms in total. The van der Waals surface area contributed by atoms with Crippen LogP contribution in [0.3, 0.4) is 0 Å². The number of aryl methyl sites for hydroxylation is 2. The Labute approximate surface area is 154 Å². The molecule has 1 N–H and O–H groups in total. The first-order chi connectivity index (χ1) is 12.5. The summed E-state index contributed by atoms with van der Waals surface area (Å²) in [6, 6.07) is 18.3. The molecule has 26 heavy (non-hydrogen) atoms.